The van der Waals surface area contributed by atoms with Crippen LogP contribution in [-0.2, 0) is 21.9 Å². The van der Waals surface area contributed by atoms with Crippen molar-refractivity contribution in [3.63, 3.8) is 0 Å². The third-order valence-electron chi connectivity index (χ3n) is 6.68. The lowest BCUT2D eigenvalue weighted by Crippen LogP contribution is -2.55. The molecule has 0 bridgehead atoms. The molecule has 3 aliphatic rings. The van der Waals surface area contributed by atoms with Crippen LogP contribution in [0.25, 0.3) is 0 Å². The summed E-state index contributed by atoms with van der Waals surface area (Å²) in [4.78, 5) is 21.7. The van der Waals surface area contributed by atoms with Gasteiger partial charge >= 0.3 is 0 Å². The second kappa shape index (κ2) is 8.73. The highest BCUT2D eigenvalue weighted by Crippen LogP contribution is 2.31. The first-order valence-electron chi connectivity index (χ1n) is 11.0. The standard InChI is InChI=1S/C20H33N5O3S/c1-22-15-19(21-16-22)29(27,28)24-11-5-8-18(14-24)25(20(26)17-6-4-7-17)13-12-23-9-2-3-10-23/h15-18H,2-14H2,1H3. The number of amides is 1. The summed E-state index contributed by atoms with van der Waals surface area (Å²) in [6, 6.07) is -0.0436. The van der Waals surface area contributed by atoms with Crippen LogP contribution in [0.1, 0.15) is 44.9 Å². The van der Waals surface area contributed by atoms with Gasteiger partial charge in [0.15, 0.2) is 5.03 Å². The van der Waals surface area contributed by atoms with E-state index in [9.17, 15) is 13.2 Å². The van der Waals surface area contributed by atoms with Crippen LogP contribution in [0.5, 0.6) is 0 Å². The lowest BCUT2D eigenvalue weighted by atomic mass is 9.83. The third-order valence-corrected chi connectivity index (χ3v) is 8.43. The van der Waals surface area contributed by atoms with Crippen molar-refractivity contribution >= 4 is 15.9 Å². The molecule has 1 aromatic heterocycles. The summed E-state index contributed by atoms with van der Waals surface area (Å²) in [5.74, 6) is 0.369. The molecule has 0 aromatic carbocycles. The number of imidazole rings is 1. The second-order valence-electron chi connectivity index (χ2n) is 8.74. The van der Waals surface area contributed by atoms with E-state index in [1.807, 2.05) is 4.90 Å². The van der Waals surface area contributed by atoms with Crippen molar-refractivity contribution < 1.29 is 13.2 Å². The Morgan fingerprint density at radius 1 is 1.14 bits per heavy atom. The van der Waals surface area contributed by atoms with E-state index < -0.39 is 10.0 Å². The van der Waals surface area contributed by atoms with Gasteiger partial charge in [0, 0.05) is 51.4 Å². The molecular formula is C20H33N5O3S. The zero-order chi connectivity index (χ0) is 20.4. The van der Waals surface area contributed by atoms with Crippen LogP contribution in [-0.4, -0.2) is 83.3 Å². The average molecular weight is 424 g/mol. The van der Waals surface area contributed by atoms with E-state index in [1.165, 1.54) is 23.5 Å². The van der Waals surface area contributed by atoms with Crippen LogP contribution in [0.2, 0.25) is 0 Å². The van der Waals surface area contributed by atoms with Crippen molar-refractivity contribution in [2.45, 2.75) is 56.0 Å². The first-order chi connectivity index (χ1) is 13.9. The molecule has 1 aliphatic carbocycles. The Balaban J connectivity index is 1.47. The lowest BCUT2D eigenvalue weighted by molar-refractivity contribution is -0.141. The highest BCUT2D eigenvalue weighted by Gasteiger charge is 2.38. The lowest BCUT2D eigenvalue weighted by Gasteiger charge is -2.41. The smallest absolute Gasteiger partial charge is 0.262 e. The van der Waals surface area contributed by atoms with Gasteiger partial charge in [-0.3, -0.25) is 4.79 Å². The first-order valence-corrected chi connectivity index (χ1v) is 12.4. The molecule has 2 aliphatic heterocycles. The SMILES string of the molecule is Cn1cnc(S(=O)(=O)N2CCCC(N(CCN3CCCC3)C(=O)C3CCC3)C2)c1. The van der Waals surface area contributed by atoms with Gasteiger partial charge in [-0.25, -0.2) is 13.4 Å². The van der Waals surface area contributed by atoms with Gasteiger partial charge in [-0.05, 0) is 51.6 Å². The molecule has 2 saturated heterocycles. The van der Waals surface area contributed by atoms with Crippen LogP contribution < -0.4 is 0 Å². The Labute approximate surface area is 173 Å². The van der Waals surface area contributed by atoms with Crippen LogP contribution in [0, 0.1) is 5.92 Å². The van der Waals surface area contributed by atoms with Gasteiger partial charge < -0.3 is 14.4 Å². The van der Waals surface area contributed by atoms with E-state index in [1.54, 1.807) is 17.8 Å². The molecule has 1 unspecified atom stereocenters. The monoisotopic (exact) mass is 423 g/mol. The molecule has 0 spiro atoms. The minimum Gasteiger partial charge on any atom is -0.339 e. The molecule has 9 heteroatoms. The van der Waals surface area contributed by atoms with E-state index in [0.717, 1.165) is 51.7 Å². The van der Waals surface area contributed by atoms with E-state index in [-0.39, 0.29) is 22.9 Å². The maximum Gasteiger partial charge on any atom is 0.262 e. The quantitative estimate of drug-likeness (QED) is 0.661. The van der Waals surface area contributed by atoms with Crippen LogP contribution in [0.4, 0.5) is 0 Å². The van der Waals surface area contributed by atoms with Crippen molar-refractivity contribution in [3.05, 3.63) is 12.5 Å². The molecule has 1 aromatic rings. The minimum absolute atomic E-state index is 0.0436. The number of carbonyl (C=O) groups is 1. The number of hydrogen-bond acceptors (Lipinski definition) is 5. The summed E-state index contributed by atoms with van der Waals surface area (Å²) in [5, 5.41) is 0.0922. The highest BCUT2D eigenvalue weighted by atomic mass is 32.2. The van der Waals surface area contributed by atoms with Crippen molar-refractivity contribution in [2.75, 3.05) is 39.3 Å². The summed E-state index contributed by atoms with van der Waals surface area (Å²) in [7, 11) is -1.86. The van der Waals surface area contributed by atoms with Gasteiger partial charge in [0.05, 0.1) is 6.33 Å². The summed E-state index contributed by atoms with van der Waals surface area (Å²) < 4.78 is 29.3. The number of aromatic nitrogens is 2. The van der Waals surface area contributed by atoms with Gasteiger partial charge in [-0.15, -0.1) is 0 Å². The van der Waals surface area contributed by atoms with Crippen LogP contribution >= 0.6 is 0 Å². The number of rotatable bonds is 7. The predicted molar refractivity (Wildman–Crippen MR) is 110 cm³/mol. The van der Waals surface area contributed by atoms with Crippen molar-refractivity contribution in [1.29, 1.82) is 0 Å². The number of sulfonamides is 1. The molecule has 1 amide bonds. The zero-order valence-corrected chi connectivity index (χ0v) is 18.2. The topological polar surface area (TPSA) is 78.8 Å². The molecule has 1 atom stereocenters. The van der Waals surface area contributed by atoms with E-state index in [2.05, 4.69) is 9.88 Å². The molecule has 29 heavy (non-hydrogen) atoms. The normalized spacial score (nSPS) is 24.5. The van der Waals surface area contributed by atoms with Gasteiger partial charge in [0.1, 0.15) is 0 Å². The largest absolute Gasteiger partial charge is 0.339 e. The first kappa shape index (κ1) is 20.8. The Hall–Kier alpha value is -1.45. The molecular weight excluding hydrogens is 390 g/mol. The van der Waals surface area contributed by atoms with Crippen molar-refractivity contribution in [1.82, 2.24) is 23.7 Å². The Morgan fingerprint density at radius 2 is 1.90 bits per heavy atom. The fourth-order valence-electron chi connectivity index (χ4n) is 4.67. The summed E-state index contributed by atoms with van der Waals surface area (Å²) in [5.41, 5.74) is 0. The molecule has 1 saturated carbocycles. The fourth-order valence-corrected chi connectivity index (χ4v) is 6.15. The number of piperidine rings is 1. The molecule has 8 nitrogen and oxygen atoms in total. The third kappa shape index (κ3) is 4.51. The summed E-state index contributed by atoms with van der Waals surface area (Å²) in [6.07, 6.45) is 10.2. The number of nitrogens with zero attached hydrogens (tertiary/aromatic N) is 5. The maximum atomic E-state index is 13.2. The maximum absolute atomic E-state index is 13.2. The number of likely N-dealkylation sites (tertiary alicyclic amines) is 1. The Kier molecular flexibility index (Phi) is 6.27. The molecule has 4 rings (SSSR count). The second-order valence-corrected chi connectivity index (χ2v) is 10.6. The molecule has 0 radical (unpaired) electrons. The Morgan fingerprint density at radius 3 is 2.52 bits per heavy atom. The van der Waals surface area contributed by atoms with Crippen LogP contribution in [0.15, 0.2) is 17.6 Å². The van der Waals surface area contributed by atoms with E-state index in [0.29, 0.717) is 19.6 Å². The van der Waals surface area contributed by atoms with Crippen LogP contribution in [0.3, 0.4) is 0 Å². The summed E-state index contributed by atoms with van der Waals surface area (Å²) >= 11 is 0. The average Bonchev–Trinajstić information content (AvgIpc) is 3.33. The molecule has 3 heterocycles. The molecule has 3 fully saturated rings. The number of aryl methyl sites for hydroxylation is 1. The van der Waals surface area contributed by atoms with Gasteiger partial charge in [0.25, 0.3) is 10.0 Å². The van der Waals surface area contributed by atoms with Gasteiger partial charge in [-0.1, -0.05) is 6.42 Å². The van der Waals surface area contributed by atoms with E-state index in [4.69, 9.17) is 0 Å². The number of hydrogen-bond donors (Lipinski definition) is 0. The van der Waals surface area contributed by atoms with Crippen molar-refractivity contribution in [2.24, 2.45) is 13.0 Å². The fraction of sp³-hybridized carbons (Fsp3) is 0.800. The van der Waals surface area contributed by atoms with E-state index >= 15 is 0 Å². The Bertz CT molecular complexity index is 814. The zero-order valence-electron chi connectivity index (χ0n) is 17.4. The summed E-state index contributed by atoms with van der Waals surface area (Å²) in [6.45, 7) is 4.68. The minimum atomic E-state index is -3.62. The highest BCUT2D eigenvalue weighted by molar-refractivity contribution is 7.89. The number of carbonyl (C=O) groups excluding carboxylic acids is 1. The molecule has 162 valence electrons. The van der Waals surface area contributed by atoms with Gasteiger partial charge in [-0.2, -0.15) is 4.31 Å². The van der Waals surface area contributed by atoms with Crippen molar-refractivity contribution in [3.8, 4) is 0 Å². The predicted octanol–water partition coefficient (Wildman–Crippen LogP) is 1.30. The van der Waals surface area contributed by atoms with Gasteiger partial charge in [0.2, 0.25) is 5.91 Å². The molecule has 0 N–H and O–H groups in total.